The molecule has 1 aromatic carbocycles. The van der Waals surface area contributed by atoms with Crippen molar-refractivity contribution < 1.29 is 13.9 Å². The summed E-state index contributed by atoms with van der Waals surface area (Å²) in [4.78, 5) is 0. The van der Waals surface area contributed by atoms with Crippen molar-refractivity contribution in [2.45, 2.75) is 13.2 Å². The van der Waals surface area contributed by atoms with Crippen molar-refractivity contribution in [3.8, 4) is 5.75 Å². The van der Waals surface area contributed by atoms with Crippen LogP contribution < -0.4 is 10.5 Å². The number of para-hydroxylation sites is 1. The fraction of sp³-hybridized carbons (Fsp3) is 0.286. The Morgan fingerprint density at radius 2 is 1.94 bits per heavy atom. The lowest BCUT2D eigenvalue weighted by atomic mass is 10.2. The van der Waals surface area contributed by atoms with E-state index in [1.54, 1.807) is 6.26 Å². The van der Waals surface area contributed by atoms with Crippen LogP contribution in [0.1, 0.15) is 11.3 Å². The second-order valence-corrected chi connectivity index (χ2v) is 3.79. The lowest BCUT2D eigenvalue weighted by Gasteiger charge is -2.10. The van der Waals surface area contributed by atoms with Crippen LogP contribution in [0.3, 0.4) is 0 Å². The van der Waals surface area contributed by atoms with Crippen LogP contribution in [-0.4, -0.2) is 13.2 Å². The third kappa shape index (κ3) is 3.61. The molecule has 1 heterocycles. The van der Waals surface area contributed by atoms with Crippen LogP contribution in [0.2, 0.25) is 0 Å². The van der Waals surface area contributed by atoms with Gasteiger partial charge in [0.2, 0.25) is 0 Å². The first-order chi connectivity index (χ1) is 8.90. The molecule has 0 fully saturated rings. The molecule has 0 unspecified atom stereocenters. The molecule has 2 N–H and O–H groups in total. The minimum Gasteiger partial charge on any atom is -0.491 e. The summed E-state index contributed by atoms with van der Waals surface area (Å²) in [7, 11) is 0. The van der Waals surface area contributed by atoms with Gasteiger partial charge < -0.3 is 19.6 Å². The van der Waals surface area contributed by atoms with Crippen molar-refractivity contribution in [3.63, 3.8) is 0 Å². The molecule has 18 heavy (non-hydrogen) atoms. The predicted molar refractivity (Wildman–Crippen MR) is 68.2 cm³/mol. The number of hydrogen-bond donors (Lipinski definition) is 1. The Morgan fingerprint density at radius 3 is 2.72 bits per heavy atom. The van der Waals surface area contributed by atoms with Crippen molar-refractivity contribution in [1.29, 1.82) is 0 Å². The molecule has 0 aliphatic rings. The maximum Gasteiger partial charge on any atom is 0.129 e. The predicted octanol–water partition coefficient (Wildman–Crippen LogP) is 2.33. The molecule has 0 saturated heterocycles. The highest BCUT2D eigenvalue weighted by Gasteiger charge is 2.00. The maximum absolute atomic E-state index is 5.62. The molecule has 1 aromatic heterocycles. The third-order valence-corrected chi connectivity index (χ3v) is 2.50. The van der Waals surface area contributed by atoms with Gasteiger partial charge in [0, 0.05) is 12.1 Å². The van der Waals surface area contributed by atoms with E-state index in [9.17, 15) is 0 Å². The van der Waals surface area contributed by atoms with E-state index in [0.717, 1.165) is 17.1 Å². The zero-order chi connectivity index (χ0) is 12.6. The van der Waals surface area contributed by atoms with E-state index in [1.807, 2.05) is 36.4 Å². The minimum absolute atomic E-state index is 0.467. The maximum atomic E-state index is 5.62. The van der Waals surface area contributed by atoms with Crippen molar-refractivity contribution in [2.24, 2.45) is 5.73 Å². The summed E-state index contributed by atoms with van der Waals surface area (Å²) in [6.45, 7) is 1.95. The molecule has 0 aliphatic heterocycles. The van der Waals surface area contributed by atoms with E-state index < -0.39 is 0 Å². The van der Waals surface area contributed by atoms with Crippen LogP contribution in [0.4, 0.5) is 0 Å². The van der Waals surface area contributed by atoms with Gasteiger partial charge in [-0.2, -0.15) is 0 Å². The van der Waals surface area contributed by atoms with Crippen molar-refractivity contribution in [3.05, 3.63) is 54.0 Å². The number of rotatable bonds is 7. The molecule has 96 valence electrons. The first-order valence-corrected chi connectivity index (χ1v) is 5.91. The van der Waals surface area contributed by atoms with Crippen LogP contribution in [0.5, 0.6) is 5.75 Å². The second kappa shape index (κ2) is 6.83. The Balaban J connectivity index is 1.69. The van der Waals surface area contributed by atoms with E-state index in [2.05, 4.69) is 0 Å². The van der Waals surface area contributed by atoms with E-state index in [1.165, 1.54) is 0 Å². The smallest absolute Gasteiger partial charge is 0.129 e. The average Bonchev–Trinajstić information content (AvgIpc) is 2.92. The Bertz CT molecular complexity index is 454. The van der Waals surface area contributed by atoms with Gasteiger partial charge in [0.1, 0.15) is 24.7 Å². The molecule has 4 nitrogen and oxygen atoms in total. The minimum atomic E-state index is 0.467. The van der Waals surface area contributed by atoms with Crippen LogP contribution >= 0.6 is 0 Å². The molecular weight excluding hydrogens is 230 g/mol. The van der Waals surface area contributed by atoms with Gasteiger partial charge in [-0.25, -0.2) is 0 Å². The van der Waals surface area contributed by atoms with Crippen molar-refractivity contribution in [1.82, 2.24) is 0 Å². The fourth-order valence-corrected chi connectivity index (χ4v) is 1.59. The number of hydrogen-bond acceptors (Lipinski definition) is 4. The lowest BCUT2D eigenvalue weighted by Crippen LogP contribution is -2.08. The zero-order valence-corrected chi connectivity index (χ0v) is 10.2. The van der Waals surface area contributed by atoms with Crippen LogP contribution in [0, 0.1) is 0 Å². The van der Waals surface area contributed by atoms with E-state index in [-0.39, 0.29) is 0 Å². The van der Waals surface area contributed by atoms with Crippen LogP contribution in [0.25, 0.3) is 0 Å². The lowest BCUT2D eigenvalue weighted by molar-refractivity contribution is 0.0779. The summed E-state index contributed by atoms with van der Waals surface area (Å²) in [5, 5.41) is 0. The molecule has 0 amide bonds. The molecule has 0 aliphatic carbocycles. The highest BCUT2D eigenvalue weighted by molar-refractivity contribution is 5.32. The molecule has 0 radical (unpaired) electrons. The number of benzene rings is 1. The summed E-state index contributed by atoms with van der Waals surface area (Å²) in [6, 6.07) is 11.5. The topological polar surface area (TPSA) is 57.6 Å². The van der Waals surface area contributed by atoms with Gasteiger partial charge >= 0.3 is 0 Å². The van der Waals surface area contributed by atoms with Gasteiger partial charge in [-0.15, -0.1) is 0 Å². The number of ether oxygens (including phenoxy) is 2. The standard InChI is InChI=1S/C14H17NO3/c15-10-12-4-1-2-6-14(12)18-9-8-16-11-13-5-3-7-17-13/h1-7H,8-11,15H2. The molecule has 4 heteroatoms. The molecule has 2 aromatic rings. The van der Waals surface area contributed by atoms with Crippen LogP contribution in [0.15, 0.2) is 47.1 Å². The second-order valence-electron chi connectivity index (χ2n) is 3.79. The Morgan fingerprint density at radius 1 is 1.06 bits per heavy atom. The molecule has 0 saturated carbocycles. The Hall–Kier alpha value is -1.78. The Labute approximate surface area is 106 Å². The summed E-state index contributed by atoms with van der Waals surface area (Å²) < 4.78 is 16.2. The summed E-state index contributed by atoms with van der Waals surface area (Å²) in [6.07, 6.45) is 1.63. The zero-order valence-electron chi connectivity index (χ0n) is 10.2. The van der Waals surface area contributed by atoms with Crippen molar-refractivity contribution in [2.75, 3.05) is 13.2 Å². The first kappa shape index (κ1) is 12.7. The highest BCUT2D eigenvalue weighted by atomic mass is 16.5. The monoisotopic (exact) mass is 247 g/mol. The SMILES string of the molecule is NCc1ccccc1OCCOCc1ccco1. The van der Waals surface area contributed by atoms with Gasteiger partial charge in [0.25, 0.3) is 0 Å². The van der Waals surface area contributed by atoms with Crippen LogP contribution in [-0.2, 0) is 17.9 Å². The van der Waals surface area contributed by atoms with Crippen molar-refractivity contribution >= 4 is 0 Å². The van der Waals surface area contributed by atoms with E-state index in [0.29, 0.717) is 26.4 Å². The molecule has 0 bridgehead atoms. The molecule has 2 rings (SSSR count). The van der Waals surface area contributed by atoms with Gasteiger partial charge in [-0.3, -0.25) is 0 Å². The first-order valence-electron chi connectivity index (χ1n) is 5.91. The normalized spacial score (nSPS) is 10.5. The van der Waals surface area contributed by atoms with E-state index in [4.69, 9.17) is 19.6 Å². The van der Waals surface area contributed by atoms with Gasteiger partial charge in [-0.05, 0) is 18.2 Å². The molecule has 0 atom stereocenters. The average molecular weight is 247 g/mol. The molecular formula is C14H17NO3. The largest absolute Gasteiger partial charge is 0.491 e. The highest BCUT2D eigenvalue weighted by Crippen LogP contribution is 2.16. The summed E-state index contributed by atoms with van der Waals surface area (Å²) in [5.74, 6) is 1.64. The number of nitrogens with two attached hydrogens (primary N) is 1. The number of furan rings is 1. The van der Waals surface area contributed by atoms with E-state index >= 15 is 0 Å². The molecule has 0 spiro atoms. The van der Waals surface area contributed by atoms with Gasteiger partial charge in [0.15, 0.2) is 0 Å². The Kier molecular flexibility index (Phi) is 4.81. The fourth-order valence-electron chi connectivity index (χ4n) is 1.59. The van der Waals surface area contributed by atoms with Gasteiger partial charge in [-0.1, -0.05) is 18.2 Å². The summed E-state index contributed by atoms with van der Waals surface area (Å²) in [5.41, 5.74) is 6.62. The third-order valence-electron chi connectivity index (χ3n) is 2.50. The van der Waals surface area contributed by atoms with Gasteiger partial charge in [0.05, 0.1) is 12.9 Å². The quantitative estimate of drug-likeness (QED) is 0.763. The summed E-state index contributed by atoms with van der Waals surface area (Å²) >= 11 is 0.